The summed E-state index contributed by atoms with van der Waals surface area (Å²) in [4.78, 5) is 36.7. The smallest absolute Gasteiger partial charge is 0.408 e. The molecule has 0 saturated carbocycles. The van der Waals surface area contributed by atoms with Gasteiger partial charge in [0, 0.05) is 13.1 Å². The first-order chi connectivity index (χ1) is 15.4. The number of halogens is 1. The molecule has 0 unspecified atom stereocenters. The topological polar surface area (TPSA) is 96.5 Å². The van der Waals surface area contributed by atoms with Crippen LogP contribution < -0.4 is 16.0 Å². The molecule has 7 nitrogen and oxygen atoms in total. The Labute approximate surface area is 187 Å². The lowest BCUT2D eigenvalue weighted by Crippen LogP contribution is -2.51. The number of hydrogen-bond donors (Lipinski definition) is 3. The first-order valence-electron chi connectivity index (χ1n) is 10.6. The second-order valence-electron chi connectivity index (χ2n) is 7.51. The molecule has 3 amide bonds. The van der Waals surface area contributed by atoms with Crippen LogP contribution in [0.5, 0.6) is 0 Å². The van der Waals surface area contributed by atoms with Crippen molar-refractivity contribution in [1.82, 2.24) is 16.0 Å². The highest BCUT2D eigenvalue weighted by Gasteiger charge is 2.26. The van der Waals surface area contributed by atoms with Crippen LogP contribution in [-0.4, -0.2) is 37.0 Å². The molecule has 172 valence electrons. The van der Waals surface area contributed by atoms with Gasteiger partial charge in [-0.2, -0.15) is 0 Å². The largest absolute Gasteiger partial charge is 0.445 e. The Kier molecular flexibility index (Phi) is 10.2. The highest BCUT2D eigenvalue weighted by Crippen LogP contribution is 2.09. The summed E-state index contributed by atoms with van der Waals surface area (Å²) in [7, 11) is 0. The highest BCUT2D eigenvalue weighted by atomic mass is 19.1. The second kappa shape index (κ2) is 13.1. The second-order valence-corrected chi connectivity index (χ2v) is 7.51. The molecular formula is C24H30FN3O4. The van der Waals surface area contributed by atoms with Crippen LogP contribution in [0.4, 0.5) is 9.18 Å². The van der Waals surface area contributed by atoms with E-state index in [0.717, 1.165) is 5.56 Å². The van der Waals surface area contributed by atoms with Crippen LogP contribution in [-0.2, 0) is 27.4 Å². The molecular weight excluding hydrogens is 413 g/mol. The van der Waals surface area contributed by atoms with E-state index in [1.807, 2.05) is 44.2 Å². The van der Waals surface area contributed by atoms with Crippen LogP contribution in [0.1, 0.15) is 31.4 Å². The molecule has 2 aromatic rings. The molecule has 2 atom stereocenters. The van der Waals surface area contributed by atoms with E-state index < -0.39 is 12.1 Å². The van der Waals surface area contributed by atoms with Crippen molar-refractivity contribution in [1.29, 1.82) is 0 Å². The van der Waals surface area contributed by atoms with Gasteiger partial charge in [-0.25, -0.2) is 9.18 Å². The molecule has 0 aliphatic heterocycles. The molecule has 32 heavy (non-hydrogen) atoms. The van der Waals surface area contributed by atoms with E-state index in [1.165, 1.54) is 12.1 Å². The van der Waals surface area contributed by atoms with E-state index in [0.29, 0.717) is 12.0 Å². The van der Waals surface area contributed by atoms with Crippen molar-refractivity contribution >= 4 is 17.9 Å². The van der Waals surface area contributed by atoms with Gasteiger partial charge < -0.3 is 20.7 Å². The Hall–Kier alpha value is -3.42. The molecule has 0 heterocycles. The van der Waals surface area contributed by atoms with E-state index in [2.05, 4.69) is 16.0 Å². The van der Waals surface area contributed by atoms with E-state index in [4.69, 9.17) is 4.74 Å². The van der Waals surface area contributed by atoms with Gasteiger partial charge in [0.15, 0.2) is 0 Å². The number of rotatable bonds is 11. The predicted octanol–water partition coefficient (Wildman–Crippen LogP) is 2.94. The predicted molar refractivity (Wildman–Crippen MR) is 119 cm³/mol. The third-order valence-corrected chi connectivity index (χ3v) is 5.01. The zero-order chi connectivity index (χ0) is 23.3. The molecule has 8 heteroatoms. The molecule has 2 rings (SSSR count). The van der Waals surface area contributed by atoms with Gasteiger partial charge in [-0.3, -0.25) is 9.59 Å². The molecule has 0 bridgehead atoms. The van der Waals surface area contributed by atoms with Crippen molar-refractivity contribution < 1.29 is 23.5 Å². The van der Waals surface area contributed by atoms with Crippen LogP contribution in [0.15, 0.2) is 54.6 Å². The molecule has 3 N–H and O–H groups in total. The van der Waals surface area contributed by atoms with Crippen LogP contribution in [0.3, 0.4) is 0 Å². The molecule has 0 aromatic heterocycles. The van der Waals surface area contributed by atoms with E-state index in [1.54, 1.807) is 12.1 Å². The van der Waals surface area contributed by atoms with Crippen LogP contribution in [0, 0.1) is 11.7 Å². The van der Waals surface area contributed by atoms with E-state index in [9.17, 15) is 18.8 Å². The third-order valence-electron chi connectivity index (χ3n) is 5.01. The lowest BCUT2D eigenvalue weighted by atomic mass is 9.98. The fourth-order valence-electron chi connectivity index (χ4n) is 2.94. The Morgan fingerprint density at radius 2 is 1.59 bits per heavy atom. The maximum absolute atomic E-state index is 12.9. The van der Waals surface area contributed by atoms with Crippen molar-refractivity contribution in [3.05, 3.63) is 71.5 Å². The third kappa shape index (κ3) is 8.75. The average Bonchev–Trinajstić information content (AvgIpc) is 2.80. The minimum atomic E-state index is -0.752. The Bertz CT molecular complexity index is 875. The standard InChI is InChI=1S/C24H30FN3O4/c1-3-17(2)22(28-24(31)32-16-19-7-5-4-6-8-19)23(30)27-14-13-26-21(29)15-18-9-11-20(25)12-10-18/h4-12,17,22H,3,13-16H2,1-2H3,(H,26,29)(H,27,30)(H,28,31)/t17-,22-/m0/s1. The first-order valence-corrected chi connectivity index (χ1v) is 10.6. The minimum Gasteiger partial charge on any atom is -0.445 e. The molecule has 0 saturated heterocycles. The van der Waals surface area contributed by atoms with E-state index >= 15 is 0 Å². The van der Waals surface area contributed by atoms with Gasteiger partial charge in [-0.15, -0.1) is 0 Å². The summed E-state index contributed by atoms with van der Waals surface area (Å²) in [6.45, 7) is 4.35. The summed E-state index contributed by atoms with van der Waals surface area (Å²) in [6, 6.07) is 14.2. The van der Waals surface area contributed by atoms with Crippen molar-refractivity contribution in [2.45, 2.75) is 39.3 Å². The van der Waals surface area contributed by atoms with Gasteiger partial charge in [0.25, 0.3) is 0 Å². The molecule has 2 aromatic carbocycles. The zero-order valence-electron chi connectivity index (χ0n) is 18.4. The summed E-state index contributed by atoms with van der Waals surface area (Å²) in [5.74, 6) is -1.03. The van der Waals surface area contributed by atoms with Gasteiger partial charge in [0.05, 0.1) is 6.42 Å². The number of benzene rings is 2. The summed E-state index contributed by atoms with van der Waals surface area (Å²) in [5, 5.41) is 8.07. The van der Waals surface area contributed by atoms with Crippen molar-refractivity contribution in [2.24, 2.45) is 5.92 Å². The normalized spacial score (nSPS) is 12.3. The highest BCUT2D eigenvalue weighted by molar-refractivity contribution is 5.86. The Morgan fingerprint density at radius 3 is 2.25 bits per heavy atom. The number of carbonyl (C=O) groups is 3. The summed E-state index contributed by atoms with van der Waals surface area (Å²) in [5.41, 5.74) is 1.55. The number of nitrogens with one attached hydrogen (secondary N) is 3. The SMILES string of the molecule is CC[C@H](C)[C@H](NC(=O)OCc1ccccc1)C(=O)NCCNC(=O)Cc1ccc(F)cc1. The van der Waals surface area contributed by atoms with Gasteiger partial charge in [0.2, 0.25) is 11.8 Å². The van der Waals surface area contributed by atoms with Crippen molar-refractivity contribution in [3.63, 3.8) is 0 Å². The first kappa shape index (κ1) is 24.8. The minimum absolute atomic E-state index is 0.104. The molecule has 0 fully saturated rings. The fraction of sp³-hybridized carbons (Fsp3) is 0.375. The number of hydrogen-bond acceptors (Lipinski definition) is 4. The summed E-state index contributed by atoms with van der Waals surface area (Å²) in [6.07, 6.45) is 0.145. The van der Waals surface area contributed by atoms with Crippen LogP contribution in [0.2, 0.25) is 0 Å². The van der Waals surface area contributed by atoms with Crippen molar-refractivity contribution in [2.75, 3.05) is 13.1 Å². The number of ether oxygens (including phenoxy) is 1. The maximum Gasteiger partial charge on any atom is 0.408 e. The van der Waals surface area contributed by atoms with Gasteiger partial charge in [-0.05, 0) is 29.2 Å². The molecule has 0 aliphatic rings. The fourth-order valence-corrected chi connectivity index (χ4v) is 2.94. The number of amides is 3. The van der Waals surface area contributed by atoms with Gasteiger partial charge in [-0.1, -0.05) is 62.7 Å². The lowest BCUT2D eigenvalue weighted by molar-refractivity contribution is -0.124. The summed E-state index contributed by atoms with van der Waals surface area (Å²) >= 11 is 0. The molecule has 0 spiro atoms. The number of alkyl carbamates (subject to hydrolysis) is 1. The maximum atomic E-state index is 12.9. The van der Waals surface area contributed by atoms with Gasteiger partial charge in [0.1, 0.15) is 18.5 Å². The van der Waals surface area contributed by atoms with E-state index in [-0.39, 0.29) is 49.7 Å². The average molecular weight is 444 g/mol. The molecule has 0 aliphatic carbocycles. The lowest BCUT2D eigenvalue weighted by Gasteiger charge is -2.23. The summed E-state index contributed by atoms with van der Waals surface area (Å²) < 4.78 is 18.1. The van der Waals surface area contributed by atoms with Crippen LogP contribution in [0.25, 0.3) is 0 Å². The Morgan fingerprint density at radius 1 is 0.938 bits per heavy atom. The van der Waals surface area contributed by atoms with Crippen molar-refractivity contribution in [3.8, 4) is 0 Å². The molecule has 0 radical (unpaired) electrons. The quantitative estimate of drug-likeness (QED) is 0.465. The van der Waals surface area contributed by atoms with Crippen LogP contribution >= 0.6 is 0 Å². The number of carbonyl (C=O) groups excluding carboxylic acids is 3. The monoisotopic (exact) mass is 443 g/mol. The van der Waals surface area contributed by atoms with Gasteiger partial charge >= 0.3 is 6.09 Å². The Balaban J connectivity index is 1.74. The zero-order valence-corrected chi connectivity index (χ0v) is 18.4.